The first kappa shape index (κ1) is 16.7. The standard InChI is InChI=1S/C17H20FN3O3/c18-17(11-22)3-4-21(10-17)16(24)14-8-20(9-14)7-12-1-2-15(23)13(5-12)6-19/h1-2,5,14,22-23H,3-4,7-11H2. The fourth-order valence-electron chi connectivity index (χ4n) is 3.30. The molecule has 2 fully saturated rings. The highest BCUT2D eigenvalue weighted by atomic mass is 19.1. The maximum Gasteiger partial charge on any atom is 0.228 e. The molecule has 3 rings (SSSR count). The first-order valence-corrected chi connectivity index (χ1v) is 7.97. The van der Waals surface area contributed by atoms with Crippen molar-refractivity contribution in [3.8, 4) is 11.8 Å². The van der Waals surface area contributed by atoms with Crippen LogP contribution in [0.1, 0.15) is 17.5 Å². The Morgan fingerprint density at radius 1 is 1.46 bits per heavy atom. The second-order valence-corrected chi connectivity index (χ2v) is 6.67. The van der Waals surface area contributed by atoms with E-state index in [9.17, 15) is 14.3 Å². The van der Waals surface area contributed by atoms with Gasteiger partial charge in [-0.3, -0.25) is 9.69 Å². The van der Waals surface area contributed by atoms with Crippen molar-refractivity contribution in [1.29, 1.82) is 5.26 Å². The van der Waals surface area contributed by atoms with Crippen LogP contribution in [0.5, 0.6) is 5.75 Å². The van der Waals surface area contributed by atoms with Crippen LogP contribution in [0, 0.1) is 17.2 Å². The molecule has 6 nitrogen and oxygen atoms in total. The zero-order valence-corrected chi connectivity index (χ0v) is 13.3. The fraction of sp³-hybridized carbons (Fsp3) is 0.529. The summed E-state index contributed by atoms with van der Waals surface area (Å²) in [7, 11) is 0. The van der Waals surface area contributed by atoms with Gasteiger partial charge >= 0.3 is 0 Å². The Kier molecular flexibility index (Phi) is 4.43. The Bertz CT molecular complexity index is 684. The molecule has 2 heterocycles. The zero-order valence-electron chi connectivity index (χ0n) is 13.3. The number of hydrogen-bond donors (Lipinski definition) is 2. The zero-order chi connectivity index (χ0) is 17.3. The summed E-state index contributed by atoms with van der Waals surface area (Å²) < 4.78 is 14.0. The topological polar surface area (TPSA) is 87.8 Å². The molecule has 128 valence electrons. The number of carbonyl (C=O) groups excluding carboxylic acids is 1. The molecule has 1 amide bonds. The lowest BCUT2D eigenvalue weighted by molar-refractivity contribution is -0.141. The van der Waals surface area contributed by atoms with Gasteiger partial charge in [-0.05, 0) is 17.7 Å². The molecule has 0 spiro atoms. The number of benzene rings is 1. The summed E-state index contributed by atoms with van der Waals surface area (Å²) in [4.78, 5) is 15.9. The number of amides is 1. The lowest BCUT2D eigenvalue weighted by Gasteiger charge is -2.40. The van der Waals surface area contributed by atoms with Gasteiger partial charge in [-0.15, -0.1) is 0 Å². The average Bonchev–Trinajstić information content (AvgIpc) is 2.94. The number of aliphatic hydroxyl groups excluding tert-OH is 1. The molecule has 0 aromatic heterocycles. The van der Waals surface area contributed by atoms with Crippen LogP contribution in [0.2, 0.25) is 0 Å². The van der Waals surface area contributed by atoms with Crippen molar-refractivity contribution in [3.63, 3.8) is 0 Å². The van der Waals surface area contributed by atoms with Gasteiger partial charge in [0.1, 0.15) is 11.8 Å². The third kappa shape index (κ3) is 3.21. The number of nitriles is 1. The number of nitrogens with zero attached hydrogens (tertiary/aromatic N) is 3. The number of carbonyl (C=O) groups is 1. The Morgan fingerprint density at radius 3 is 2.83 bits per heavy atom. The molecule has 0 saturated carbocycles. The van der Waals surface area contributed by atoms with Gasteiger partial charge in [0, 0.05) is 32.6 Å². The van der Waals surface area contributed by atoms with Gasteiger partial charge < -0.3 is 15.1 Å². The van der Waals surface area contributed by atoms with Crippen molar-refractivity contribution in [3.05, 3.63) is 29.3 Å². The van der Waals surface area contributed by atoms with Crippen molar-refractivity contribution in [2.75, 3.05) is 32.8 Å². The van der Waals surface area contributed by atoms with Crippen LogP contribution >= 0.6 is 0 Å². The predicted octanol–water partition coefficient (Wildman–Crippen LogP) is 0.629. The molecule has 1 aromatic rings. The second-order valence-electron chi connectivity index (χ2n) is 6.67. The van der Waals surface area contributed by atoms with E-state index in [-0.39, 0.29) is 36.1 Å². The first-order valence-electron chi connectivity index (χ1n) is 7.97. The molecule has 0 bridgehead atoms. The van der Waals surface area contributed by atoms with E-state index in [1.807, 2.05) is 6.07 Å². The maximum atomic E-state index is 14.0. The lowest BCUT2D eigenvalue weighted by atomic mass is 9.97. The number of likely N-dealkylation sites (tertiary alicyclic amines) is 2. The highest BCUT2D eigenvalue weighted by Gasteiger charge is 2.43. The lowest BCUT2D eigenvalue weighted by Crippen LogP contribution is -2.54. The number of phenolic OH excluding ortho intramolecular Hbond substituents is 1. The van der Waals surface area contributed by atoms with Crippen LogP contribution < -0.4 is 0 Å². The van der Waals surface area contributed by atoms with Crippen molar-refractivity contribution in [2.45, 2.75) is 18.6 Å². The Morgan fingerprint density at radius 2 is 2.21 bits per heavy atom. The summed E-state index contributed by atoms with van der Waals surface area (Å²) in [5.41, 5.74) is -0.515. The molecule has 2 aliphatic rings. The van der Waals surface area contributed by atoms with Gasteiger partial charge in [-0.2, -0.15) is 5.26 Å². The summed E-state index contributed by atoms with van der Waals surface area (Å²) >= 11 is 0. The van der Waals surface area contributed by atoms with Gasteiger partial charge in [-0.25, -0.2) is 4.39 Å². The van der Waals surface area contributed by atoms with E-state index < -0.39 is 12.3 Å². The van der Waals surface area contributed by atoms with E-state index >= 15 is 0 Å². The van der Waals surface area contributed by atoms with Gasteiger partial charge in [0.15, 0.2) is 5.67 Å². The molecule has 0 radical (unpaired) electrons. The molecule has 1 unspecified atom stereocenters. The molecule has 24 heavy (non-hydrogen) atoms. The SMILES string of the molecule is N#Cc1cc(CN2CC(C(=O)N3CCC(F)(CO)C3)C2)ccc1O. The van der Waals surface area contributed by atoms with Crippen molar-refractivity contribution in [1.82, 2.24) is 9.80 Å². The van der Waals surface area contributed by atoms with E-state index in [0.29, 0.717) is 26.2 Å². The number of aliphatic hydroxyl groups is 1. The number of halogens is 1. The van der Waals surface area contributed by atoms with Gasteiger partial charge in [0.25, 0.3) is 0 Å². The van der Waals surface area contributed by atoms with Crippen molar-refractivity contribution in [2.24, 2.45) is 5.92 Å². The molecule has 7 heteroatoms. The van der Waals surface area contributed by atoms with E-state index in [1.54, 1.807) is 12.1 Å². The van der Waals surface area contributed by atoms with Crippen LogP contribution in [0.3, 0.4) is 0 Å². The van der Waals surface area contributed by atoms with Crippen LogP contribution in [0.15, 0.2) is 18.2 Å². The summed E-state index contributed by atoms with van der Waals surface area (Å²) in [6.07, 6.45) is 0.191. The molecule has 2 aliphatic heterocycles. The number of phenols is 1. The maximum absolute atomic E-state index is 14.0. The van der Waals surface area contributed by atoms with Crippen LogP contribution in [-0.4, -0.2) is 64.4 Å². The fourth-order valence-corrected chi connectivity index (χ4v) is 3.30. The summed E-state index contributed by atoms with van der Waals surface area (Å²) in [5.74, 6) is -0.230. The highest BCUT2D eigenvalue weighted by Crippen LogP contribution is 2.29. The van der Waals surface area contributed by atoms with E-state index in [4.69, 9.17) is 10.4 Å². The monoisotopic (exact) mass is 333 g/mol. The normalized spacial score (nSPS) is 24.6. The number of alkyl halides is 1. The Hall–Kier alpha value is -2.17. The molecule has 1 aromatic carbocycles. The van der Waals surface area contributed by atoms with Gasteiger partial charge in [0.05, 0.1) is 24.6 Å². The number of hydrogen-bond acceptors (Lipinski definition) is 5. The van der Waals surface area contributed by atoms with Crippen LogP contribution in [-0.2, 0) is 11.3 Å². The van der Waals surface area contributed by atoms with Crippen LogP contribution in [0.25, 0.3) is 0 Å². The minimum Gasteiger partial charge on any atom is -0.507 e. The minimum atomic E-state index is -1.65. The quantitative estimate of drug-likeness (QED) is 0.844. The predicted molar refractivity (Wildman–Crippen MR) is 83.7 cm³/mol. The second kappa shape index (κ2) is 6.38. The minimum absolute atomic E-state index is 0.0255. The molecule has 1 atom stereocenters. The molecule has 2 saturated heterocycles. The van der Waals surface area contributed by atoms with Gasteiger partial charge in [-0.1, -0.05) is 6.07 Å². The third-order valence-corrected chi connectivity index (χ3v) is 4.79. The Balaban J connectivity index is 1.51. The van der Waals surface area contributed by atoms with Crippen molar-refractivity contribution >= 4 is 5.91 Å². The molecule has 0 aliphatic carbocycles. The van der Waals surface area contributed by atoms with Gasteiger partial charge in [0.2, 0.25) is 5.91 Å². The summed E-state index contributed by atoms with van der Waals surface area (Å²) in [6, 6.07) is 6.83. The third-order valence-electron chi connectivity index (χ3n) is 4.79. The van der Waals surface area contributed by atoms with E-state index in [1.165, 1.54) is 11.0 Å². The number of aromatic hydroxyl groups is 1. The van der Waals surface area contributed by atoms with E-state index in [2.05, 4.69) is 4.90 Å². The summed E-state index contributed by atoms with van der Waals surface area (Å²) in [5, 5.41) is 27.5. The highest BCUT2D eigenvalue weighted by molar-refractivity contribution is 5.80. The average molecular weight is 333 g/mol. The molecular weight excluding hydrogens is 313 g/mol. The first-order chi connectivity index (χ1) is 11.4. The number of rotatable bonds is 4. The van der Waals surface area contributed by atoms with Crippen molar-refractivity contribution < 1.29 is 19.4 Å². The molecular formula is C17H20FN3O3. The van der Waals surface area contributed by atoms with Crippen LogP contribution in [0.4, 0.5) is 4.39 Å². The van der Waals surface area contributed by atoms with E-state index in [0.717, 1.165) is 5.56 Å². The largest absolute Gasteiger partial charge is 0.507 e. The Labute approximate surface area is 139 Å². The molecule has 2 N–H and O–H groups in total. The smallest absolute Gasteiger partial charge is 0.228 e. The summed E-state index contributed by atoms with van der Waals surface area (Å²) in [6.45, 7) is 1.57.